The molecule has 2 aliphatic rings. The highest BCUT2D eigenvalue weighted by molar-refractivity contribution is 6.01. The number of nitrogens with one attached hydrogen (secondary N) is 1. The van der Waals surface area contributed by atoms with Gasteiger partial charge in [-0.25, -0.2) is 8.78 Å². The third-order valence-corrected chi connectivity index (χ3v) is 5.18. The number of hydrogen-bond donors (Lipinski definition) is 1. The van der Waals surface area contributed by atoms with Crippen molar-refractivity contribution in [2.24, 2.45) is 11.8 Å². The second kappa shape index (κ2) is 6.99. The number of methoxy groups -OCH3 is 1. The molecule has 2 atom stereocenters. The Kier molecular flexibility index (Phi) is 4.52. The average Bonchev–Trinajstić information content (AvgIpc) is 2.80. The number of rotatable bonds is 3. The van der Waals surface area contributed by atoms with Gasteiger partial charge in [-0.15, -0.1) is 0 Å². The van der Waals surface area contributed by atoms with Crippen LogP contribution in [0.1, 0.15) is 22.3 Å². The molecule has 0 bridgehead atoms. The quantitative estimate of drug-likeness (QED) is 0.839. The average molecular weight is 367 g/mol. The molecule has 2 aliphatic carbocycles. The number of carbonyl (C=O) groups is 1. The van der Waals surface area contributed by atoms with Crippen LogP contribution in [0.25, 0.3) is 0 Å². The summed E-state index contributed by atoms with van der Waals surface area (Å²) in [6.07, 6.45) is 7.22. The molecule has 3 nitrogen and oxygen atoms in total. The molecule has 2 aromatic carbocycles. The fraction of sp³-hybridized carbons (Fsp3) is 0.227. The molecule has 0 aromatic heterocycles. The summed E-state index contributed by atoms with van der Waals surface area (Å²) in [7, 11) is 1.58. The van der Waals surface area contributed by atoms with Gasteiger partial charge in [-0.3, -0.25) is 4.79 Å². The second-order valence-electron chi connectivity index (χ2n) is 6.85. The molecule has 4 rings (SSSR count). The third-order valence-electron chi connectivity index (χ3n) is 5.18. The third kappa shape index (κ3) is 3.37. The molecule has 1 N–H and O–H groups in total. The molecule has 0 amide bonds. The molecule has 0 spiro atoms. The summed E-state index contributed by atoms with van der Waals surface area (Å²) >= 11 is 0. The summed E-state index contributed by atoms with van der Waals surface area (Å²) in [5, 5.41) is 2.99. The molecule has 27 heavy (non-hydrogen) atoms. The summed E-state index contributed by atoms with van der Waals surface area (Å²) in [5.74, 6) is -0.749. The molecular formula is C22H19F2NO2. The Bertz CT molecular complexity index is 965. The standard InChI is InChI=1S/C22H19F2NO2/c1-27-17-7-4-13-2-3-14-10-16(6-8-18(14)22(26)19(13)12-17)25-21-9-5-15(23)11-20(21)24/h4-12,14,18,25H,2-3H2,1H3. The van der Waals surface area contributed by atoms with Crippen LogP contribution in [0.2, 0.25) is 0 Å². The summed E-state index contributed by atoms with van der Waals surface area (Å²) in [4.78, 5) is 13.0. The number of benzene rings is 2. The van der Waals surface area contributed by atoms with E-state index in [0.717, 1.165) is 24.5 Å². The Morgan fingerprint density at radius 2 is 2.00 bits per heavy atom. The highest BCUT2D eigenvalue weighted by Gasteiger charge is 2.32. The van der Waals surface area contributed by atoms with Gasteiger partial charge in [0.05, 0.1) is 12.8 Å². The van der Waals surface area contributed by atoms with Gasteiger partial charge in [0.15, 0.2) is 5.78 Å². The number of fused-ring (bicyclic) bond motifs is 2. The molecule has 0 aliphatic heterocycles. The second-order valence-corrected chi connectivity index (χ2v) is 6.85. The summed E-state index contributed by atoms with van der Waals surface area (Å²) < 4.78 is 32.2. The van der Waals surface area contributed by atoms with Crippen LogP contribution in [-0.2, 0) is 6.42 Å². The van der Waals surface area contributed by atoms with Crippen molar-refractivity contribution in [2.45, 2.75) is 12.8 Å². The molecule has 0 radical (unpaired) electrons. The maximum absolute atomic E-state index is 13.9. The minimum absolute atomic E-state index is 0.0203. The maximum Gasteiger partial charge on any atom is 0.170 e. The van der Waals surface area contributed by atoms with E-state index in [0.29, 0.717) is 17.0 Å². The fourth-order valence-electron chi connectivity index (χ4n) is 3.75. The smallest absolute Gasteiger partial charge is 0.170 e. The van der Waals surface area contributed by atoms with Gasteiger partial charge in [-0.05, 0) is 54.7 Å². The van der Waals surface area contributed by atoms with Crippen LogP contribution in [0.3, 0.4) is 0 Å². The largest absolute Gasteiger partial charge is 0.497 e. The Balaban J connectivity index is 1.59. The fourth-order valence-corrected chi connectivity index (χ4v) is 3.75. The van der Waals surface area contributed by atoms with Gasteiger partial charge in [-0.2, -0.15) is 0 Å². The van der Waals surface area contributed by atoms with E-state index in [4.69, 9.17) is 4.74 Å². The zero-order valence-electron chi connectivity index (χ0n) is 14.8. The van der Waals surface area contributed by atoms with Crippen LogP contribution in [0.4, 0.5) is 14.5 Å². The summed E-state index contributed by atoms with van der Waals surface area (Å²) in [6, 6.07) is 9.05. The zero-order valence-corrected chi connectivity index (χ0v) is 14.8. The Hall–Kier alpha value is -2.95. The molecule has 0 heterocycles. The normalized spacial score (nSPS) is 21.0. The van der Waals surface area contributed by atoms with Crippen LogP contribution in [-0.4, -0.2) is 12.9 Å². The molecule has 2 unspecified atom stereocenters. The van der Waals surface area contributed by atoms with Crippen molar-refractivity contribution in [1.82, 2.24) is 0 Å². The van der Waals surface area contributed by atoms with E-state index in [2.05, 4.69) is 5.32 Å². The van der Waals surface area contributed by atoms with E-state index in [9.17, 15) is 13.6 Å². The van der Waals surface area contributed by atoms with Gasteiger partial charge in [-0.1, -0.05) is 18.2 Å². The van der Waals surface area contributed by atoms with Crippen molar-refractivity contribution in [1.29, 1.82) is 0 Å². The highest BCUT2D eigenvalue weighted by atomic mass is 19.1. The predicted molar refractivity (Wildman–Crippen MR) is 99.8 cm³/mol. The Morgan fingerprint density at radius 3 is 2.78 bits per heavy atom. The molecule has 0 fully saturated rings. The monoisotopic (exact) mass is 367 g/mol. The number of ether oxygens (including phenoxy) is 1. The molecule has 138 valence electrons. The van der Waals surface area contributed by atoms with Gasteiger partial charge in [0.1, 0.15) is 17.4 Å². The van der Waals surface area contributed by atoms with Crippen molar-refractivity contribution in [3.05, 3.63) is 83.1 Å². The molecule has 0 saturated carbocycles. The number of ketones is 1. The summed E-state index contributed by atoms with van der Waals surface area (Å²) in [6.45, 7) is 0. The van der Waals surface area contributed by atoms with Crippen molar-refractivity contribution in [3.8, 4) is 5.75 Å². The number of halogens is 2. The lowest BCUT2D eigenvalue weighted by Crippen LogP contribution is -2.23. The predicted octanol–water partition coefficient (Wildman–Crippen LogP) is 4.90. The Morgan fingerprint density at radius 1 is 1.15 bits per heavy atom. The van der Waals surface area contributed by atoms with Gasteiger partial charge in [0, 0.05) is 23.2 Å². The van der Waals surface area contributed by atoms with Crippen molar-refractivity contribution < 1.29 is 18.3 Å². The van der Waals surface area contributed by atoms with Crippen molar-refractivity contribution >= 4 is 11.5 Å². The lowest BCUT2D eigenvalue weighted by molar-refractivity contribution is 0.0923. The molecular weight excluding hydrogens is 348 g/mol. The van der Waals surface area contributed by atoms with Gasteiger partial charge in [0.25, 0.3) is 0 Å². The minimum Gasteiger partial charge on any atom is -0.497 e. The summed E-state index contributed by atoms with van der Waals surface area (Å²) in [5.41, 5.74) is 2.65. The first-order valence-corrected chi connectivity index (χ1v) is 8.88. The number of hydrogen-bond acceptors (Lipinski definition) is 3. The van der Waals surface area contributed by atoms with Gasteiger partial charge in [0.2, 0.25) is 0 Å². The minimum atomic E-state index is -0.650. The van der Waals surface area contributed by atoms with E-state index >= 15 is 0 Å². The van der Waals surface area contributed by atoms with Crippen molar-refractivity contribution in [3.63, 3.8) is 0 Å². The molecule has 0 saturated heterocycles. The van der Waals surface area contributed by atoms with E-state index < -0.39 is 11.6 Å². The van der Waals surface area contributed by atoms with Crippen LogP contribution < -0.4 is 10.1 Å². The topological polar surface area (TPSA) is 38.3 Å². The number of anilines is 1. The van der Waals surface area contributed by atoms with Gasteiger partial charge >= 0.3 is 0 Å². The first kappa shape index (κ1) is 17.5. The SMILES string of the molecule is COc1ccc2c(c1)C(=O)C1C=CC(Nc3ccc(F)cc3F)=CC1CC2. The molecule has 2 aromatic rings. The lowest BCUT2D eigenvalue weighted by Gasteiger charge is -2.24. The van der Waals surface area contributed by atoms with E-state index in [1.807, 2.05) is 24.3 Å². The highest BCUT2D eigenvalue weighted by Crippen LogP contribution is 2.36. The number of Topliss-reactive ketones (excluding diaryl/α,β-unsaturated/α-hetero) is 1. The van der Waals surface area contributed by atoms with E-state index in [-0.39, 0.29) is 23.3 Å². The van der Waals surface area contributed by atoms with Crippen LogP contribution in [0, 0.1) is 23.5 Å². The number of aryl methyl sites for hydroxylation is 1. The van der Waals surface area contributed by atoms with Crippen LogP contribution in [0.15, 0.2) is 60.3 Å². The first-order chi connectivity index (χ1) is 13.0. The number of allylic oxidation sites excluding steroid dienone is 3. The van der Waals surface area contributed by atoms with Crippen LogP contribution in [0.5, 0.6) is 5.75 Å². The molecule has 5 heteroatoms. The van der Waals surface area contributed by atoms with E-state index in [1.165, 1.54) is 12.1 Å². The van der Waals surface area contributed by atoms with Crippen LogP contribution >= 0.6 is 0 Å². The zero-order chi connectivity index (χ0) is 19.0. The Labute approximate surface area is 156 Å². The van der Waals surface area contributed by atoms with Gasteiger partial charge < -0.3 is 10.1 Å². The van der Waals surface area contributed by atoms with Crippen molar-refractivity contribution in [2.75, 3.05) is 12.4 Å². The number of carbonyl (C=O) groups excluding carboxylic acids is 1. The first-order valence-electron chi connectivity index (χ1n) is 8.88. The van der Waals surface area contributed by atoms with E-state index in [1.54, 1.807) is 19.3 Å². The lowest BCUT2D eigenvalue weighted by atomic mass is 9.82. The maximum atomic E-state index is 13.9.